The second kappa shape index (κ2) is 5.88. The zero-order chi connectivity index (χ0) is 12.9. The van der Waals surface area contributed by atoms with E-state index in [1.807, 2.05) is 0 Å². The van der Waals surface area contributed by atoms with Crippen LogP contribution >= 0.6 is 0 Å². The van der Waals surface area contributed by atoms with Crippen LogP contribution in [0.25, 0.3) is 0 Å². The summed E-state index contributed by atoms with van der Waals surface area (Å²) in [7, 11) is -1.85. The SMILES string of the molecule is CCN(c1ccc(N)cc1)S(=O)(=O)CCOC. The third kappa shape index (κ3) is 3.61. The first-order chi connectivity index (χ1) is 8.01. The summed E-state index contributed by atoms with van der Waals surface area (Å²) < 4.78 is 30.2. The van der Waals surface area contributed by atoms with Gasteiger partial charge in [0.25, 0.3) is 0 Å². The van der Waals surface area contributed by atoms with E-state index < -0.39 is 10.0 Å². The van der Waals surface area contributed by atoms with Crippen molar-refractivity contribution >= 4 is 21.4 Å². The molecule has 0 heterocycles. The Labute approximate surface area is 102 Å². The van der Waals surface area contributed by atoms with Crippen molar-refractivity contribution in [3.63, 3.8) is 0 Å². The molecule has 0 aliphatic carbocycles. The fourth-order valence-electron chi connectivity index (χ4n) is 1.48. The molecule has 96 valence electrons. The van der Waals surface area contributed by atoms with Gasteiger partial charge in [-0.1, -0.05) is 0 Å². The molecule has 0 bridgehead atoms. The van der Waals surface area contributed by atoms with Crippen LogP contribution in [0.3, 0.4) is 0 Å². The van der Waals surface area contributed by atoms with Gasteiger partial charge in [0.05, 0.1) is 18.0 Å². The van der Waals surface area contributed by atoms with E-state index in [9.17, 15) is 8.42 Å². The lowest BCUT2D eigenvalue weighted by atomic mass is 10.3. The van der Waals surface area contributed by atoms with E-state index in [0.29, 0.717) is 17.9 Å². The lowest BCUT2D eigenvalue weighted by Crippen LogP contribution is -2.34. The Bertz CT molecular complexity index is 442. The zero-order valence-corrected chi connectivity index (χ0v) is 10.9. The summed E-state index contributed by atoms with van der Waals surface area (Å²) in [4.78, 5) is 0. The molecule has 1 aromatic carbocycles. The summed E-state index contributed by atoms with van der Waals surface area (Å²) in [5.41, 5.74) is 6.80. The molecule has 0 spiro atoms. The number of hydrogen-bond donors (Lipinski definition) is 1. The molecule has 5 nitrogen and oxygen atoms in total. The highest BCUT2D eigenvalue weighted by atomic mass is 32.2. The monoisotopic (exact) mass is 258 g/mol. The summed E-state index contributed by atoms with van der Waals surface area (Å²) in [5, 5.41) is 0. The van der Waals surface area contributed by atoms with E-state index in [-0.39, 0.29) is 12.4 Å². The normalized spacial score (nSPS) is 11.4. The second-order valence-corrected chi connectivity index (χ2v) is 5.58. The van der Waals surface area contributed by atoms with Crippen LogP contribution in [0.2, 0.25) is 0 Å². The van der Waals surface area contributed by atoms with Crippen molar-refractivity contribution in [2.45, 2.75) is 6.92 Å². The molecule has 0 saturated carbocycles. The number of ether oxygens (including phenoxy) is 1. The molecule has 0 fully saturated rings. The van der Waals surface area contributed by atoms with Gasteiger partial charge < -0.3 is 10.5 Å². The van der Waals surface area contributed by atoms with Gasteiger partial charge >= 0.3 is 0 Å². The quantitative estimate of drug-likeness (QED) is 0.775. The topological polar surface area (TPSA) is 72.6 Å². The van der Waals surface area contributed by atoms with Crippen molar-refractivity contribution in [2.75, 3.05) is 36.1 Å². The molecule has 0 amide bonds. The standard InChI is InChI=1S/C11H18N2O3S/c1-3-13(17(14,15)9-8-16-2)11-6-4-10(12)5-7-11/h4-7H,3,8-9,12H2,1-2H3. The van der Waals surface area contributed by atoms with Crippen molar-refractivity contribution in [1.29, 1.82) is 0 Å². The van der Waals surface area contributed by atoms with Gasteiger partial charge in [-0.3, -0.25) is 4.31 Å². The predicted octanol–water partition coefficient (Wildman–Crippen LogP) is 1.07. The molecule has 0 atom stereocenters. The minimum absolute atomic E-state index is 0.0261. The molecular formula is C11H18N2O3S. The van der Waals surface area contributed by atoms with Crippen LogP contribution in [0.4, 0.5) is 11.4 Å². The second-order valence-electron chi connectivity index (χ2n) is 3.57. The minimum Gasteiger partial charge on any atom is -0.399 e. The molecule has 0 aliphatic heterocycles. The van der Waals surface area contributed by atoms with Crippen LogP contribution in [-0.4, -0.2) is 34.4 Å². The van der Waals surface area contributed by atoms with Crippen molar-refractivity contribution in [1.82, 2.24) is 0 Å². The Morgan fingerprint density at radius 2 is 1.88 bits per heavy atom. The number of methoxy groups -OCH3 is 1. The van der Waals surface area contributed by atoms with E-state index in [1.165, 1.54) is 11.4 Å². The van der Waals surface area contributed by atoms with Gasteiger partial charge in [0.2, 0.25) is 10.0 Å². The van der Waals surface area contributed by atoms with E-state index >= 15 is 0 Å². The van der Waals surface area contributed by atoms with Crippen LogP contribution in [0.15, 0.2) is 24.3 Å². The van der Waals surface area contributed by atoms with Crippen molar-refractivity contribution < 1.29 is 13.2 Å². The average molecular weight is 258 g/mol. The lowest BCUT2D eigenvalue weighted by molar-refractivity contribution is 0.217. The Morgan fingerprint density at radius 1 is 1.29 bits per heavy atom. The number of nitrogens with zero attached hydrogens (tertiary/aromatic N) is 1. The van der Waals surface area contributed by atoms with Gasteiger partial charge in [-0.15, -0.1) is 0 Å². The van der Waals surface area contributed by atoms with Crippen molar-refractivity contribution in [3.05, 3.63) is 24.3 Å². The third-order valence-corrected chi connectivity index (χ3v) is 4.17. The molecule has 1 aromatic rings. The first-order valence-corrected chi connectivity index (χ1v) is 6.97. The average Bonchev–Trinajstić information content (AvgIpc) is 2.30. The first-order valence-electron chi connectivity index (χ1n) is 5.36. The summed E-state index contributed by atoms with van der Waals surface area (Å²) in [6.07, 6.45) is 0. The zero-order valence-electron chi connectivity index (χ0n) is 10.1. The predicted molar refractivity (Wildman–Crippen MR) is 69.5 cm³/mol. The summed E-state index contributed by atoms with van der Waals surface area (Å²) in [5.74, 6) is -0.0261. The van der Waals surface area contributed by atoms with Gasteiger partial charge in [-0.05, 0) is 31.2 Å². The molecule has 17 heavy (non-hydrogen) atoms. The van der Waals surface area contributed by atoms with Crippen LogP contribution < -0.4 is 10.0 Å². The number of rotatable bonds is 6. The van der Waals surface area contributed by atoms with Crippen LogP contribution in [0, 0.1) is 0 Å². The van der Waals surface area contributed by atoms with Gasteiger partial charge in [-0.25, -0.2) is 8.42 Å². The van der Waals surface area contributed by atoms with E-state index in [0.717, 1.165) is 0 Å². The largest absolute Gasteiger partial charge is 0.399 e. The summed E-state index contributed by atoms with van der Waals surface area (Å²) in [6.45, 7) is 2.37. The number of anilines is 2. The van der Waals surface area contributed by atoms with E-state index in [2.05, 4.69) is 0 Å². The Balaban J connectivity index is 2.95. The lowest BCUT2D eigenvalue weighted by Gasteiger charge is -2.22. The Hall–Kier alpha value is -1.27. The van der Waals surface area contributed by atoms with Gasteiger partial charge in [0, 0.05) is 19.3 Å². The highest BCUT2D eigenvalue weighted by Gasteiger charge is 2.20. The fourth-order valence-corrected chi connectivity index (χ4v) is 2.91. The van der Waals surface area contributed by atoms with Gasteiger partial charge in [0.1, 0.15) is 0 Å². The minimum atomic E-state index is -3.33. The van der Waals surface area contributed by atoms with E-state index in [4.69, 9.17) is 10.5 Å². The maximum atomic E-state index is 12.0. The molecule has 0 aromatic heterocycles. The number of nitrogens with two attached hydrogens (primary N) is 1. The summed E-state index contributed by atoms with van der Waals surface area (Å²) >= 11 is 0. The fraction of sp³-hybridized carbons (Fsp3) is 0.455. The van der Waals surface area contributed by atoms with Crippen molar-refractivity contribution in [2.24, 2.45) is 0 Å². The molecule has 2 N–H and O–H groups in total. The molecule has 0 radical (unpaired) electrons. The smallest absolute Gasteiger partial charge is 0.237 e. The van der Waals surface area contributed by atoms with Crippen LogP contribution in [0.1, 0.15) is 6.92 Å². The molecule has 0 unspecified atom stereocenters. The van der Waals surface area contributed by atoms with Gasteiger partial charge in [-0.2, -0.15) is 0 Å². The number of benzene rings is 1. The Morgan fingerprint density at radius 3 is 2.35 bits per heavy atom. The van der Waals surface area contributed by atoms with Crippen LogP contribution in [-0.2, 0) is 14.8 Å². The molecular weight excluding hydrogens is 240 g/mol. The molecule has 6 heteroatoms. The maximum absolute atomic E-state index is 12.0. The first kappa shape index (κ1) is 13.8. The highest BCUT2D eigenvalue weighted by molar-refractivity contribution is 7.92. The molecule has 1 rings (SSSR count). The molecule has 0 aliphatic rings. The molecule has 0 saturated heterocycles. The summed E-state index contributed by atoms with van der Waals surface area (Å²) in [6, 6.07) is 6.76. The Kier molecular flexibility index (Phi) is 4.77. The number of hydrogen-bond acceptors (Lipinski definition) is 4. The van der Waals surface area contributed by atoms with Crippen LogP contribution in [0.5, 0.6) is 0 Å². The van der Waals surface area contributed by atoms with Gasteiger partial charge in [0.15, 0.2) is 0 Å². The maximum Gasteiger partial charge on any atom is 0.237 e. The number of nitrogen functional groups attached to an aromatic ring is 1. The van der Waals surface area contributed by atoms with E-state index in [1.54, 1.807) is 31.2 Å². The highest BCUT2D eigenvalue weighted by Crippen LogP contribution is 2.19. The van der Waals surface area contributed by atoms with Crippen molar-refractivity contribution in [3.8, 4) is 0 Å². The number of sulfonamides is 1. The third-order valence-electron chi connectivity index (χ3n) is 2.35.